The van der Waals surface area contributed by atoms with Gasteiger partial charge in [-0.05, 0) is 12.1 Å². The summed E-state index contributed by atoms with van der Waals surface area (Å²) in [5.74, 6) is 0. The Bertz CT molecular complexity index is 117. The molecule has 0 aromatic carbocycles. The summed E-state index contributed by atoms with van der Waals surface area (Å²) in [6, 6.07) is 5.72. The molecule has 0 bridgehead atoms. The third-order valence-corrected chi connectivity index (χ3v) is 0.566. The first-order chi connectivity index (χ1) is 4.73. The third kappa shape index (κ3) is 11.7. The molecule has 0 unspecified atom stereocenters. The Morgan fingerprint density at radius 2 is 1.30 bits per heavy atom. The van der Waals surface area contributed by atoms with Crippen molar-refractivity contribution in [2.75, 3.05) is 0 Å². The predicted octanol–water partition coefficient (Wildman–Crippen LogP) is 2.77. The summed E-state index contributed by atoms with van der Waals surface area (Å²) in [6.07, 6.45) is 3.50. The summed E-state index contributed by atoms with van der Waals surface area (Å²) in [5.41, 5.74) is 0. The summed E-state index contributed by atoms with van der Waals surface area (Å²) < 4.78 is 0. The topological polar surface area (TPSA) is 12.9 Å². The van der Waals surface area contributed by atoms with Crippen LogP contribution in [0.15, 0.2) is 30.6 Å². The molecule has 5 heteroatoms. The molecule has 56 valence electrons. The van der Waals surface area contributed by atoms with E-state index in [1.165, 1.54) is 0 Å². The second-order valence-electron chi connectivity index (χ2n) is 1.22. The summed E-state index contributed by atoms with van der Waals surface area (Å²) in [7, 11) is 15.0. The Kier molecular flexibility index (Phi) is 8.73. The Balaban J connectivity index is 0.000000180. The van der Waals surface area contributed by atoms with Gasteiger partial charge in [-0.2, -0.15) is 0 Å². The van der Waals surface area contributed by atoms with E-state index in [9.17, 15) is 0 Å². The van der Waals surface area contributed by atoms with E-state index in [1.807, 2.05) is 18.2 Å². The molecule has 0 aliphatic carbocycles. The average Bonchev–Trinajstić information content (AvgIpc) is 1.90. The molecule has 0 spiro atoms. The van der Waals surface area contributed by atoms with E-state index in [1.54, 1.807) is 12.4 Å². The average molecular weight is 394 g/mol. The summed E-state index contributed by atoms with van der Waals surface area (Å²) >= 11 is -2.18. The van der Waals surface area contributed by atoms with Gasteiger partial charge in [-0.1, -0.05) is 6.07 Å². The van der Waals surface area contributed by atoms with Crippen molar-refractivity contribution < 1.29 is 0 Å². The van der Waals surface area contributed by atoms with Gasteiger partial charge in [0.25, 0.3) is 0 Å². The van der Waals surface area contributed by atoms with Crippen molar-refractivity contribution in [3.8, 4) is 0 Å². The molecule has 1 aromatic heterocycles. The van der Waals surface area contributed by atoms with Crippen LogP contribution < -0.4 is 0 Å². The molecule has 0 saturated carbocycles. The van der Waals surface area contributed by atoms with E-state index in [0.717, 1.165) is 0 Å². The van der Waals surface area contributed by atoms with E-state index in [4.69, 9.17) is 25.5 Å². The zero-order chi connectivity index (χ0) is 7.82. The fraction of sp³-hybridized carbons (Fsp3) is 0. The van der Waals surface area contributed by atoms with Crippen LogP contribution in [0.3, 0.4) is 0 Å². The minimum absolute atomic E-state index is 1.75. The van der Waals surface area contributed by atoms with Crippen LogP contribution in [-0.2, 0) is 0 Å². The van der Waals surface area contributed by atoms with Crippen LogP contribution in [0, 0.1) is 0 Å². The predicted molar refractivity (Wildman–Crippen MR) is 47.6 cm³/mol. The molecule has 0 radical (unpaired) electrons. The molecule has 0 aliphatic rings. The van der Waals surface area contributed by atoms with E-state index in [-0.39, 0.29) is 0 Å². The summed E-state index contributed by atoms with van der Waals surface area (Å²) in [4.78, 5) is 3.78. The van der Waals surface area contributed by atoms with Crippen LogP contribution in [0.25, 0.3) is 0 Å². The van der Waals surface area contributed by atoms with E-state index < -0.39 is 18.2 Å². The molecule has 1 heterocycles. The second kappa shape index (κ2) is 8.00. The minimum atomic E-state index is -2.18. The Morgan fingerprint density at radius 3 is 1.40 bits per heavy atom. The number of hydrogen-bond acceptors (Lipinski definition) is 1. The van der Waals surface area contributed by atoms with Crippen molar-refractivity contribution in [3.05, 3.63) is 30.6 Å². The summed E-state index contributed by atoms with van der Waals surface area (Å²) in [6.45, 7) is 0. The number of aromatic nitrogens is 1. The molecule has 1 rings (SSSR count). The molecule has 0 amide bonds. The standard InChI is InChI=1S/C5H5N.Bi.3ClH/c1-2-4-6-5-3-1;;;;/h1-5H;;3*1H/q;+3;;;/p-3. The van der Waals surface area contributed by atoms with Crippen LogP contribution in [-0.4, -0.2) is 23.2 Å². The maximum atomic E-state index is 5.01. The van der Waals surface area contributed by atoms with Gasteiger partial charge >= 0.3 is 43.7 Å². The van der Waals surface area contributed by atoms with E-state index in [0.29, 0.717) is 0 Å². The normalized spacial score (nSPS) is 8.40. The molecule has 10 heavy (non-hydrogen) atoms. The second-order valence-corrected chi connectivity index (χ2v) is 16.2. The number of hydrogen-bond donors (Lipinski definition) is 0. The van der Waals surface area contributed by atoms with Gasteiger partial charge in [-0.15, -0.1) is 0 Å². The quantitative estimate of drug-likeness (QED) is 0.617. The third-order valence-electron chi connectivity index (χ3n) is 0.566. The van der Waals surface area contributed by atoms with Crippen LogP contribution in [0.1, 0.15) is 0 Å². The molecular weight excluding hydrogens is 389 g/mol. The first-order valence-electron chi connectivity index (χ1n) is 2.36. The Morgan fingerprint density at radius 1 is 0.900 bits per heavy atom. The zero-order valence-electron chi connectivity index (χ0n) is 4.92. The smallest absolute Gasteiger partial charge is 0.0267 e. The molecule has 0 N–H and O–H groups in total. The fourth-order valence-corrected chi connectivity index (χ4v) is 0.313. The molecule has 0 aliphatic heterocycles. The van der Waals surface area contributed by atoms with Gasteiger partial charge in [0.1, 0.15) is 0 Å². The van der Waals surface area contributed by atoms with Gasteiger partial charge in [0.2, 0.25) is 0 Å². The van der Waals surface area contributed by atoms with E-state index >= 15 is 0 Å². The van der Waals surface area contributed by atoms with Crippen LogP contribution in [0.2, 0.25) is 0 Å². The number of halogens is 3. The SMILES string of the molecule is [Cl][Bi]([Cl])[Cl].c1ccncc1. The molecule has 0 fully saturated rings. The van der Waals surface area contributed by atoms with Gasteiger partial charge in [-0.25, -0.2) is 0 Å². The molecule has 0 atom stereocenters. The number of nitrogens with zero attached hydrogens (tertiary/aromatic N) is 1. The maximum Gasteiger partial charge on any atom is 0.0267 e. The van der Waals surface area contributed by atoms with Crippen molar-refractivity contribution in [3.63, 3.8) is 0 Å². The monoisotopic (exact) mass is 393 g/mol. The molecule has 0 saturated heterocycles. The largest absolute Gasteiger partial charge is 0.265 e. The molecular formula is C5H5BiCl3N. The Labute approximate surface area is 78.6 Å². The van der Waals surface area contributed by atoms with Crippen molar-refractivity contribution in [2.24, 2.45) is 0 Å². The van der Waals surface area contributed by atoms with Crippen molar-refractivity contribution >= 4 is 43.7 Å². The Hall–Kier alpha value is 0.903. The van der Waals surface area contributed by atoms with Gasteiger partial charge in [0.05, 0.1) is 0 Å². The first-order valence-corrected chi connectivity index (χ1v) is 15.2. The fourth-order valence-electron chi connectivity index (χ4n) is 0.313. The van der Waals surface area contributed by atoms with Gasteiger partial charge in [0, 0.05) is 12.4 Å². The maximum absolute atomic E-state index is 5.01. The van der Waals surface area contributed by atoms with Crippen molar-refractivity contribution in [1.82, 2.24) is 4.98 Å². The summed E-state index contributed by atoms with van der Waals surface area (Å²) in [5, 5.41) is 0. The van der Waals surface area contributed by atoms with Crippen molar-refractivity contribution in [2.45, 2.75) is 0 Å². The minimum Gasteiger partial charge on any atom is -0.265 e. The number of pyridine rings is 1. The molecule has 1 nitrogen and oxygen atoms in total. The molecule has 1 aromatic rings. The van der Waals surface area contributed by atoms with Crippen LogP contribution in [0.4, 0.5) is 0 Å². The van der Waals surface area contributed by atoms with Gasteiger partial charge in [-0.3, -0.25) is 4.98 Å². The van der Waals surface area contributed by atoms with E-state index in [2.05, 4.69) is 4.98 Å². The number of rotatable bonds is 0. The van der Waals surface area contributed by atoms with Crippen LogP contribution in [0.5, 0.6) is 0 Å². The van der Waals surface area contributed by atoms with Crippen LogP contribution >= 0.6 is 25.5 Å². The zero-order valence-corrected chi connectivity index (χ0v) is 10.7. The van der Waals surface area contributed by atoms with Gasteiger partial charge in [0.15, 0.2) is 0 Å². The first kappa shape index (κ1) is 10.9. The van der Waals surface area contributed by atoms with Gasteiger partial charge < -0.3 is 0 Å². The van der Waals surface area contributed by atoms with Crippen molar-refractivity contribution in [1.29, 1.82) is 0 Å².